The molecule has 0 unspecified atom stereocenters. The SMILES string of the molecule is CC(C)(C)NC(=O)c1ccc(NC(=O)C2(N)CCCCC2)cc1. The van der Waals surface area contributed by atoms with Crippen LogP contribution >= 0.6 is 0 Å². The van der Waals surface area contributed by atoms with Gasteiger partial charge in [-0.15, -0.1) is 0 Å². The zero-order valence-electron chi connectivity index (χ0n) is 14.2. The number of amides is 2. The third-order valence-electron chi connectivity index (χ3n) is 4.09. The van der Waals surface area contributed by atoms with E-state index in [0.717, 1.165) is 32.1 Å². The van der Waals surface area contributed by atoms with Crippen molar-refractivity contribution in [1.82, 2.24) is 5.32 Å². The highest BCUT2D eigenvalue weighted by molar-refractivity contribution is 5.99. The predicted molar refractivity (Wildman–Crippen MR) is 92.3 cm³/mol. The summed E-state index contributed by atoms with van der Waals surface area (Å²) in [7, 11) is 0. The van der Waals surface area contributed by atoms with Gasteiger partial charge < -0.3 is 16.4 Å². The van der Waals surface area contributed by atoms with Crippen LogP contribution in [0.3, 0.4) is 0 Å². The van der Waals surface area contributed by atoms with E-state index in [-0.39, 0.29) is 17.4 Å². The average Bonchev–Trinajstić information content (AvgIpc) is 2.47. The van der Waals surface area contributed by atoms with E-state index in [1.54, 1.807) is 24.3 Å². The van der Waals surface area contributed by atoms with E-state index in [2.05, 4.69) is 10.6 Å². The van der Waals surface area contributed by atoms with E-state index < -0.39 is 5.54 Å². The normalized spacial score (nSPS) is 17.4. The monoisotopic (exact) mass is 317 g/mol. The quantitative estimate of drug-likeness (QED) is 0.801. The van der Waals surface area contributed by atoms with Crippen molar-refractivity contribution in [3.05, 3.63) is 29.8 Å². The molecule has 0 spiro atoms. The van der Waals surface area contributed by atoms with E-state index in [1.807, 2.05) is 20.8 Å². The molecule has 0 aliphatic heterocycles. The molecule has 0 heterocycles. The third kappa shape index (κ3) is 4.79. The van der Waals surface area contributed by atoms with Crippen molar-refractivity contribution in [3.8, 4) is 0 Å². The minimum absolute atomic E-state index is 0.127. The zero-order chi connectivity index (χ0) is 17.1. The highest BCUT2D eigenvalue weighted by Gasteiger charge is 2.35. The van der Waals surface area contributed by atoms with Crippen LogP contribution in [0.2, 0.25) is 0 Å². The zero-order valence-corrected chi connectivity index (χ0v) is 14.2. The van der Waals surface area contributed by atoms with E-state index >= 15 is 0 Å². The summed E-state index contributed by atoms with van der Waals surface area (Å²) in [6.45, 7) is 5.80. The first-order valence-corrected chi connectivity index (χ1v) is 8.23. The fourth-order valence-corrected chi connectivity index (χ4v) is 2.78. The van der Waals surface area contributed by atoms with Crippen molar-refractivity contribution >= 4 is 17.5 Å². The summed E-state index contributed by atoms with van der Waals surface area (Å²) < 4.78 is 0. The average molecular weight is 317 g/mol. The first-order chi connectivity index (χ1) is 10.7. The highest BCUT2D eigenvalue weighted by atomic mass is 16.2. The fraction of sp³-hybridized carbons (Fsp3) is 0.556. The first kappa shape index (κ1) is 17.5. The number of nitrogens with two attached hydrogens (primary N) is 1. The lowest BCUT2D eigenvalue weighted by atomic mass is 9.82. The summed E-state index contributed by atoms with van der Waals surface area (Å²) in [6.07, 6.45) is 4.59. The molecule has 2 amide bonds. The molecule has 1 saturated carbocycles. The van der Waals surface area contributed by atoms with E-state index in [0.29, 0.717) is 11.3 Å². The van der Waals surface area contributed by atoms with Crippen LogP contribution < -0.4 is 16.4 Å². The largest absolute Gasteiger partial charge is 0.347 e. The molecule has 126 valence electrons. The van der Waals surface area contributed by atoms with Gasteiger partial charge in [0.1, 0.15) is 0 Å². The molecule has 0 aromatic heterocycles. The van der Waals surface area contributed by atoms with Crippen LogP contribution in [0.25, 0.3) is 0 Å². The fourth-order valence-electron chi connectivity index (χ4n) is 2.78. The first-order valence-electron chi connectivity index (χ1n) is 8.23. The maximum Gasteiger partial charge on any atom is 0.251 e. The number of hydrogen-bond donors (Lipinski definition) is 3. The topological polar surface area (TPSA) is 84.2 Å². The van der Waals surface area contributed by atoms with Gasteiger partial charge in [-0.2, -0.15) is 0 Å². The summed E-state index contributed by atoms with van der Waals surface area (Å²) in [5, 5.41) is 5.78. The minimum atomic E-state index is -0.763. The standard InChI is InChI=1S/C18H27N3O2/c1-17(2,3)21-15(22)13-7-9-14(10-8-13)20-16(23)18(19)11-5-4-6-12-18/h7-10H,4-6,11-12,19H2,1-3H3,(H,20,23)(H,21,22). The molecule has 2 rings (SSSR count). The van der Waals surface area contributed by atoms with Crippen LogP contribution in [0, 0.1) is 0 Å². The molecule has 1 aromatic rings. The Hall–Kier alpha value is -1.88. The molecule has 5 nitrogen and oxygen atoms in total. The van der Waals surface area contributed by atoms with Gasteiger partial charge in [0, 0.05) is 16.8 Å². The van der Waals surface area contributed by atoms with Gasteiger partial charge in [0.2, 0.25) is 5.91 Å². The second kappa shape index (κ2) is 6.71. The Balaban J connectivity index is 2.00. The van der Waals surface area contributed by atoms with Gasteiger partial charge in [0.25, 0.3) is 5.91 Å². The van der Waals surface area contributed by atoms with Crippen molar-refractivity contribution in [2.75, 3.05) is 5.32 Å². The molecule has 1 fully saturated rings. The number of rotatable bonds is 3. The lowest BCUT2D eigenvalue weighted by Crippen LogP contribution is -2.52. The lowest BCUT2D eigenvalue weighted by molar-refractivity contribution is -0.122. The predicted octanol–water partition coefficient (Wildman–Crippen LogP) is 2.82. The molecule has 1 aromatic carbocycles. The van der Waals surface area contributed by atoms with Crippen LogP contribution in [-0.2, 0) is 4.79 Å². The van der Waals surface area contributed by atoms with Gasteiger partial charge in [-0.05, 0) is 57.9 Å². The number of carbonyl (C=O) groups is 2. The summed E-state index contributed by atoms with van der Waals surface area (Å²) in [6, 6.07) is 6.89. The number of anilines is 1. The van der Waals surface area contributed by atoms with Gasteiger partial charge in [-0.1, -0.05) is 19.3 Å². The molecule has 0 atom stereocenters. The third-order valence-corrected chi connectivity index (χ3v) is 4.09. The van der Waals surface area contributed by atoms with Gasteiger partial charge in [-0.3, -0.25) is 9.59 Å². The molecular weight excluding hydrogens is 290 g/mol. The van der Waals surface area contributed by atoms with Crippen LogP contribution in [0.4, 0.5) is 5.69 Å². The maximum absolute atomic E-state index is 12.4. The Morgan fingerprint density at radius 1 is 1.04 bits per heavy atom. The van der Waals surface area contributed by atoms with Crippen molar-refractivity contribution in [2.45, 2.75) is 64.0 Å². The number of carbonyl (C=O) groups excluding carboxylic acids is 2. The highest BCUT2D eigenvalue weighted by Crippen LogP contribution is 2.27. The van der Waals surface area contributed by atoms with Crippen molar-refractivity contribution in [3.63, 3.8) is 0 Å². The van der Waals surface area contributed by atoms with Gasteiger partial charge in [0.15, 0.2) is 0 Å². The van der Waals surface area contributed by atoms with Crippen LogP contribution in [-0.4, -0.2) is 22.9 Å². The van der Waals surface area contributed by atoms with E-state index in [4.69, 9.17) is 5.73 Å². The Morgan fingerprint density at radius 2 is 1.61 bits per heavy atom. The van der Waals surface area contributed by atoms with Crippen LogP contribution in [0.1, 0.15) is 63.2 Å². The number of benzene rings is 1. The number of hydrogen-bond acceptors (Lipinski definition) is 3. The summed E-state index contributed by atoms with van der Waals surface area (Å²) in [5.41, 5.74) is 6.41. The second-order valence-corrected chi connectivity index (χ2v) is 7.45. The summed E-state index contributed by atoms with van der Waals surface area (Å²) in [5.74, 6) is -0.262. The van der Waals surface area contributed by atoms with Crippen molar-refractivity contribution in [1.29, 1.82) is 0 Å². The number of nitrogens with one attached hydrogen (secondary N) is 2. The van der Waals surface area contributed by atoms with Gasteiger partial charge in [0.05, 0.1) is 5.54 Å². The summed E-state index contributed by atoms with van der Waals surface area (Å²) in [4.78, 5) is 24.5. The van der Waals surface area contributed by atoms with Crippen LogP contribution in [0.15, 0.2) is 24.3 Å². The van der Waals surface area contributed by atoms with E-state index in [1.165, 1.54) is 0 Å². The molecular formula is C18H27N3O2. The molecule has 0 radical (unpaired) electrons. The van der Waals surface area contributed by atoms with Gasteiger partial charge >= 0.3 is 0 Å². The Labute approximate surface area is 138 Å². The maximum atomic E-state index is 12.4. The molecule has 1 aliphatic rings. The second-order valence-electron chi connectivity index (χ2n) is 7.45. The molecule has 23 heavy (non-hydrogen) atoms. The molecule has 4 N–H and O–H groups in total. The van der Waals surface area contributed by atoms with Crippen molar-refractivity contribution in [2.24, 2.45) is 5.73 Å². The molecule has 1 aliphatic carbocycles. The van der Waals surface area contributed by atoms with E-state index in [9.17, 15) is 9.59 Å². The van der Waals surface area contributed by atoms with Crippen LogP contribution in [0.5, 0.6) is 0 Å². The minimum Gasteiger partial charge on any atom is -0.347 e. The van der Waals surface area contributed by atoms with Crippen molar-refractivity contribution < 1.29 is 9.59 Å². The molecule has 0 saturated heterocycles. The van der Waals surface area contributed by atoms with Gasteiger partial charge in [-0.25, -0.2) is 0 Å². The lowest BCUT2D eigenvalue weighted by Gasteiger charge is -2.31. The Morgan fingerprint density at radius 3 is 2.13 bits per heavy atom. The Kier molecular flexibility index (Phi) is 5.09. The Bertz CT molecular complexity index is 567. The molecule has 5 heteroatoms. The smallest absolute Gasteiger partial charge is 0.251 e. The molecule has 0 bridgehead atoms. The summed E-state index contributed by atoms with van der Waals surface area (Å²) >= 11 is 0.